The van der Waals surface area contributed by atoms with Gasteiger partial charge in [0.2, 0.25) is 5.91 Å². The van der Waals surface area contributed by atoms with Gasteiger partial charge in [0.15, 0.2) is 0 Å². The first kappa shape index (κ1) is 14.4. The van der Waals surface area contributed by atoms with Crippen LogP contribution >= 0.6 is 23.4 Å². The fourth-order valence-electron chi connectivity index (χ4n) is 1.35. The van der Waals surface area contributed by atoms with Gasteiger partial charge < -0.3 is 5.32 Å². The third kappa shape index (κ3) is 5.46. The highest BCUT2D eigenvalue weighted by atomic mass is 35.5. The molecular formula is C13H18ClNOS. The van der Waals surface area contributed by atoms with Gasteiger partial charge in [-0.3, -0.25) is 4.79 Å². The topological polar surface area (TPSA) is 29.1 Å². The first-order valence-electron chi connectivity index (χ1n) is 5.77. The molecule has 0 aromatic heterocycles. The molecule has 0 radical (unpaired) electrons. The molecule has 1 amide bonds. The predicted octanol–water partition coefficient (Wildman–Crippen LogP) is 3.66. The number of carbonyl (C=O) groups excluding carboxylic acids is 1. The van der Waals surface area contributed by atoms with Crippen LogP contribution in [0.4, 0.5) is 0 Å². The minimum Gasteiger partial charge on any atom is -0.355 e. The Morgan fingerprint density at radius 2 is 2.06 bits per heavy atom. The summed E-state index contributed by atoms with van der Waals surface area (Å²) >= 11 is 7.47. The van der Waals surface area contributed by atoms with Crippen molar-refractivity contribution in [1.82, 2.24) is 5.32 Å². The fourth-order valence-corrected chi connectivity index (χ4v) is 2.33. The van der Waals surface area contributed by atoms with Gasteiger partial charge in [-0.05, 0) is 31.0 Å². The third-order valence-electron chi connectivity index (χ3n) is 2.38. The lowest BCUT2D eigenvalue weighted by Gasteiger charge is -2.11. The third-order valence-corrected chi connectivity index (χ3v) is 3.83. The fraction of sp³-hybridized carbons (Fsp3) is 0.462. The molecule has 2 nitrogen and oxygen atoms in total. The van der Waals surface area contributed by atoms with E-state index in [1.807, 2.05) is 31.2 Å². The predicted molar refractivity (Wildman–Crippen MR) is 75.6 cm³/mol. The van der Waals surface area contributed by atoms with Gasteiger partial charge in [-0.15, -0.1) is 11.8 Å². The van der Waals surface area contributed by atoms with Crippen LogP contribution in [-0.2, 0) is 4.79 Å². The maximum Gasteiger partial charge on any atom is 0.230 e. The SMILES string of the molecule is CCCNC(=O)CSC(C)c1ccc(Cl)cc1. The van der Waals surface area contributed by atoms with Crippen molar-refractivity contribution in [1.29, 1.82) is 0 Å². The second kappa shape index (κ2) is 7.62. The molecule has 1 N–H and O–H groups in total. The molecule has 1 rings (SSSR count). The van der Waals surface area contributed by atoms with Crippen molar-refractivity contribution in [2.24, 2.45) is 0 Å². The molecule has 0 fully saturated rings. The van der Waals surface area contributed by atoms with Crippen molar-refractivity contribution in [2.75, 3.05) is 12.3 Å². The number of carbonyl (C=O) groups is 1. The molecule has 0 bridgehead atoms. The minimum atomic E-state index is 0.109. The Balaban J connectivity index is 2.36. The molecule has 1 aromatic rings. The summed E-state index contributed by atoms with van der Waals surface area (Å²) in [6, 6.07) is 7.77. The summed E-state index contributed by atoms with van der Waals surface area (Å²) in [5.41, 5.74) is 1.20. The summed E-state index contributed by atoms with van der Waals surface area (Å²) in [6.07, 6.45) is 0.975. The quantitative estimate of drug-likeness (QED) is 0.856. The van der Waals surface area contributed by atoms with Crippen LogP contribution in [-0.4, -0.2) is 18.2 Å². The number of thioether (sulfide) groups is 1. The average Bonchev–Trinajstić information content (AvgIpc) is 2.34. The maximum atomic E-state index is 11.4. The second-order valence-electron chi connectivity index (χ2n) is 3.85. The Labute approximate surface area is 112 Å². The summed E-state index contributed by atoms with van der Waals surface area (Å²) in [7, 11) is 0. The van der Waals surface area contributed by atoms with E-state index in [4.69, 9.17) is 11.6 Å². The summed E-state index contributed by atoms with van der Waals surface area (Å²) < 4.78 is 0. The van der Waals surface area contributed by atoms with E-state index in [1.54, 1.807) is 11.8 Å². The van der Waals surface area contributed by atoms with Crippen molar-refractivity contribution < 1.29 is 4.79 Å². The monoisotopic (exact) mass is 271 g/mol. The summed E-state index contributed by atoms with van der Waals surface area (Å²) in [4.78, 5) is 11.4. The van der Waals surface area contributed by atoms with Crippen molar-refractivity contribution in [3.63, 3.8) is 0 Å². The standard InChI is InChI=1S/C13H18ClNOS/c1-3-8-15-13(16)9-17-10(2)11-4-6-12(14)7-5-11/h4-7,10H,3,8-9H2,1-2H3,(H,15,16). The minimum absolute atomic E-state index is 0.109. The molecule has 0 aliphatic heterocycles. The molecule has 0 saturated heterocycles. The summed E-state index contributed by atoms with van der Waals surface area (Å²) in [5.74, 6) is 0.613. The Kier molecular flexibility index (Phi) is 6.45. The highest BCUT2D eigenvalue weighted by molar-refractivity contribution is 8.00. The van der Waals surface area contributed by atoms with Crippen molar-refractivity contribution in [2.45, 2.75) is 25.5 Å². The van der Waals surface area contributed by atoms with Gasteiger partial charge in [-0.25, -0.2) is 0 Å². The molecule has 94 valence electrons. The van der Waals surface area contributed by atoms with Crippen LogP contribution in [0.15, 0.2) is 24.3 Å². The highest BCUT2D eigenvalue weighted by Gasteiger charge is 2.08. The molecule has 0 aliphatic rings. The largest absolute Gasteiger partial charge is 0.355 e. The van der Waals surface area contributed by atoms with Crippen LogP contribution in [0.5, 0.6) is 0 Å². The van der Waals surface area contributed by atoms with Crippen LogP contribution in [0.3, 0.4) is 0 Å². The molecule has 17 heavy (non-hydrogen) atoms. The van der Waals surface area contributed by atoms with Gasteiger partial charge in [-0.2, -0.15) is 0 Å². The molecule has 4 heteroatoms. The maximum absolute atomic E-state index is 11.4. The van der Waals surface area contributed by atoms with Crippen LogP contribution in [0.2, 0.25) is 5.02 Å². The van der Waals surface area contributed by atoms with Crippen LogP contribution < -0.4 is 5.32 Å². The zero-order valence-electron chi connectivity index (χ0n) is 10.2. The van der Waals surface area contributed by atoms with Gasteiger partial charge in [0.25, 0.3) is 0 Å². The number of nitrogens with one attached hydrogen (secondary N) is 1. The van der Waals surface area contributed by atoms with E-state index in [2.05, 4.69) is 12.2 Å². The molecule has 0 saturated carbocycles. The van der Waals surface area contributed by atoms with Crippen LogP contribution in [0.25, 0.3) is 0 Å². The van der Waals surface area contributed by atoms with E-state index in [0.29, 0.717) is 11.0 Å². The molecule has 1 unspecified atom stereocenters. The van der Waals surface area contributed by atoms with E-state index in [1.165, 1.54) is 5.56 Å². The first-order chi connectivity index (χ1) is 8.13. The highest BCUT2D eigenvalue weighted by Crippen LogP contribution is 2.28. The zero-order chi connectivity index (χ0) is 12.7. The van der Waals surface area contributed by atoms with Crippen LogP contribution in [0.1, 0.15) is 31.1 Å². The molecular weight excluding hydrogens is 254 g/mol. The number of rotatable bonds is 6. The zero-order valence-corrected chi connectivity index (χ0v) is 11.8. The lowest BCUT2D eigenvalue weighted by atomic mass is 10.2. The van der Waals surface area contributed by atoms with E-state index in [9.17, 15) is 4.79 Å². The Morgan fingerprint density at radius 3 is 2.65 bits per heavy atom. The van der Waals surface area contributed by atoms with Gasteiger partial charge in [-0.1, -0.05) is 30.7 Å². The number of hydrogen-bond donors (Lipinski definition) is 1. The van der Waals surface area contributed by atoms with Gasteiger partial charge >= 0.3 is 0 Å². The van der Waals surface area contributed by atoms with E-state index in [0.717, 1.165) is 18.0 Å². The van der Waals surface area contributed by atoms with Crippen molar-refractivity contribution in [3.8, 4) is 0 Å². The number of benzene rings is 1. The summed E-state index contributed by atoms with van der Waals surface area (Å²) in [6.45, 7) is 4.90. The first-order valence-corrected chi connectivity index (χ1v) is 7.20. The normalized spacial score (nSPS) is 12.2. The lowest BCUT2D eigenvalue weighted by molar-refractivity contribution is -0.118. The molecule has 0 spiro atoms. The number of amides is 1. The average molecular weight is 272 g/mol. The van der Waals surface area contributed by atoms with Gasteiger partial charge in [0.1, 0.15) is 0 Å². The van der Waals surface area contributed by atoms with Crippen molar-refractivity contribution in [3.05, 3.63) is 34.9 Å². The second-order valence-corrected chi connectivity index (χ2v) is 5.62. The van der Waals surface area contributed by atoms with Gasteiger partial charge in [0.05, 0.1) is 5.75 Å². The Bertz CT molecular complexity index is 353. The molecule has 0 aliphatic carbocycles. The van der Waals surface area contributed by atoms with Crippen LogP contribution in [0, 0.1) is 0 Å². The summed E-state index contributed by atoms with van der Waals surface area (Å²) in [5, 5.41) is 3.91. The molecule has 1 atom stereocenters. The smallest absolute Gasteiger partial charge is 0.230 e. The van der Waals surface area contributed by atoms with E-state index < -0.39 is 0 Å². The van der Waals surface area contributed by atoms with E-state index >= 15 is 0 Å². The molecule has 0 heterocycles. The Hall–Kier alpha value is -0.670. The van der Waals surface area contributed by atoms with Gasteiger partial charge in [0, 0.05) is 16.8 Å². The molecule has 1 aromatic carbocycles. The van der Waals surface area contributed by atoms with Crippen molar-refractivity contribution >= 4 is 29.3 Å². The number of halogens is 1. The lowest BCUT2D eigenvalue weighted by Crippen LogP contribution is -2.25. The van der Waals surface area contributed by atoms with E-state index in [-0.39, 0.29) is 5.91 Å². The Morgan fingerprint density at radius 1 is 1.41 bits per heavy atom. The number of hydrogen-bond acceptors (Lipinski definition) is 2.